The van der Waals surface area contributed by atoms with Gasteiger partial charge in [-0.2, -0.15) is 0 Å². The van der Waals surface area contributed by atoms with Gasteiger partial charge in [0.05, 0.1) is 5.25 Å². The number of H-pyrrole nitrogens is 1. The lowest BCUT2D eigenvalue weighted by atomic mass is 10.2. The molecule has 1 unspecified atom stereocenters. The van der Waals surface area contributed by atoms with Crippen molar-refractivity contribution in [1.82, 2.24) is 24.8 Å². The Morgan fingerprint density at radius 1 is 1.25 bits per heavy atom. The van der Waals surface area contributed by atoms with Crippen LogP contribution in [0.5, 0.6) is 0 Å². The summed E-state index contributed by atoms with van der Waals surface area (Å²) >= 11 is 7.38. The normalized spacial score (nSPS) is 16.8. The lowest BCUT2D eigenvalue weighted by Crippen LogP contribution is -2.32. The van der Waals surface area contributed by atoms with Crippen LogP contribution in [0.3, 0.4) is 0 Å². The standard InChI is InChI=1S/C22H22ClN5O3S/c1-11(19(29)24-10-13-4-2-3-5-15(13)23)32-21-16-18(25-17(26-21)12-6-7-12)28(14-8-9-14)22(31)27-20(16)30/h2-5,11-12,14H,6-10H2,1H3,(H,24,29)(H,27,30,31). The summed E-state index contributed by atoms with van der Waals surface area (Å²) < 4.78 is 1.58. The molecule has 2 aliphatic rings. The highest BCUT2D eigenvalue weighted by molar-refractivity contribution is 8.00. The molecule has 3 aromatic rings. The fraction of sp³-hybridized carbons (Fsp3) is 0.409. The average molecular weight is 472 g/mol. The molecule has 2 saturated carbocycles. The third kappa shape index (κ3) is 4.19. The minimum atomic E-state index is -0.518. The van der Waals surface area contributed by atoms with E-state index in [-0.39, 0.29) is 23.3 Å². The summed E-state index contributed by atoms with van der Waals surface area (Å²) in [5.41, 5.74) is 0.250. The molecule has 1 atom stereocenters. The molecule has 2 aromatic heterocycles. The Morgan fingerprint density at radius 2 is 2.00 bits per heavy atom. The van der Waals surface area contributed by atoms with Crippen LogP contribution in [0.25, 0.3) is 11.0 Å². The smallest absolute Gasteiger partial charge is 0.330 e. The number of benzene rings is 1. The number of nitrogens with one attached hydrogen (secondary N) is 2. The molecule has 1 aromatic carbocycles. The van der Waals surface area contributed by atoms with Crippen LogP contribution in [-0.4, -0.2) is 30.7 Å². The molecule has 2 heterocycles. The molecule has 32 heavy (non-hydrogen) atoms. The highest BCUT2D eigenvalue weighted by atomic mass is 35.5. The number of aromatic amines is 1. The number of thioether (sulfide) groups is 1. The van der Waals surface area contributed by atoms with Crippen LogP contribution in [0, 0.1) is 0 Å². The molecule has 5 rings (SSSR count). The van der Waals surface area contributed by atoms with E-state index in [1.807, 2.05) is 18.2 Å². The summed E-state index contributed by atoms with van der Waals surface area (Å²) in [7, 11) is 0. The number of carbonyl (C=O) groups excluding carboxylic acids is 1. The summed E-state index contributed by atoms with van der Waals surface area (Å²) in [5, 5.41) is 3.69. The number of amides is 1. The number of fused-ring (bicyclic) bond motifs is 1. The number of carbonyl (C=O) groups is 1. The van der Waals surface area contributed by atoms with Crippen LogP contribution in [0.2, 0.25) is 5.02 Å². The number of halogens is 1. The van der Waals surface area contributed by atoms with E-state index in [4.69, 9.17) is 11.6 Å². The number of hydrogen-bond donors (Lipinski definition) is 2. The maximum Gasteiger partial charge on any atom is 0.330 e. The van der Waals surface area contributed by atoms with E-state index in [0.29, 0.717) is 28.1 Å². The van der Waals surface area contributed by atoms with Crippen molar-refractivity contribution in [2.24, 2.45) is 0 Å². The zero-order valence-electron chi connectivity index (χ0n) is 17.4. The lowest BCUT2D eigenvalue weighted by Gasteiger charge is -2.15. The Morgan fingerprint density at radius 3 is 2.69 bits per heavy atom. The average Bonchev–Trinajstić information content (AvgIpc) is 3.66. The lowest BCUT2D eigenvalue weighted by molar-refractivity contribution is -0.120. The van der Waals surface area contributed by atoms with Crippen molar-refractivity contribution >= 4 is 40.3 Å². The van der Waals surface area contributed by atoms with Gasteiger partial charge in [-0.25, -0.2) is 14.8 Å². The van der Waals surface area contributed by atoms with Crippen molar-refractivity contribution in [3.63, 3.8) is 0 Å². The van der Waals surface area contributed by atoms with Crippen LogP contribution in [0.1, 0.15) is 56.0 Å². The monoisotopic (exact) mass is 471 g/mol. The Balaban J connectivity index is 1.46. The van der Waals surface area contributed by atoms with Gasteiger partial charge in [-0.3, -0.25) is 19.1 Å². The molecule has 2 N–H and O–H groups in total. The van der Waals surface area contributed by atoms with Crippen molar-refractivity contribution in [2.75, 3.05) is 0 Å². The van der Waals surface area contributed by atoms with Crippen LogP contribution in [0.4, 0.5) is 0 Å². The van der Waals surface area contributed by atoms with Gasteiger partial charge >= 0.3 is 5.69 Å². The molecular weight excluding hydrogens is 450 g/mol. The first-order chi connectivity index (χ1) is 15.4. The molecule has 1 amide bonds. The minimum Gasteiger partial charge on any atom is -0.351 e. The van der Waals surface area contributed by atoms with E-state index in [2.05, 4.69) is 20.3 Å². The Labute approximate surface area is 192 Å². The molecular formula is C22H22ClN5O3S. The van der Waals surface area contributed by atoms with Crippen LogP contribution in [-0.2, 0) is 11.3 Å². The van der Waals surface area contributed by atoms with E-state index in [1.54, 1.807) is 17.6 Å². The number of nitrogens with zero attached hydrogens (tertiary/aromatic N) is 3. The number of aromatic nitrogens is 4. The fourth-order valence-electron chi connectivity index (χ4n) is 3.60. The quantitative estimate of drug-likeness (QED) is 0.404. The van der Waals surface area contributed by atoms with Gasteiger partial charge in [0.25, 0.3) is 5.56 Å². The van der Waals surface area contributed by atoms with Crippen LogP contribution in [0.15, 0.2) is 38.9 Å². The molecule has 0 radical (unpaired) electrons. The molecule has 166 valence electrons. The van der Waals surface area contributed by atoms with Crippen molar-refractivity contribution in [2.45, 2.75) is 61.4 Å². The van der Waals surface area contributed by atoms with E-state index < -0.39 is 16.5 Å². The zero-order chi connectivity index (χ0) is 22.4. The zero-order valence-corrected chi connectivity index (χ0v) is 19.0. The molecule has 0 aliphatic heterocycles. The Hall–Kier alpha value is -2.65. The predicted octanol–water partition coefficient (Wildman–Crippen LogP) is 3.14. The van der Waals surface area contributed by atoms with Gasteiger partial charge in [-0.05, 0) is 44.2 Å². The van der Waals surface area contributed by atoms with Crippen molar-refractivity contribution in [1.29, 1.82) is 0 Å². The highest BCUT2D eigenvalue weighted by Gasteiger charge is 2.33. The van der Waals surface area contributed by atoms with Gasteiger partial charge in [-0.1, -0.05) is 41.6 Å². The first-order valence-corrected chi connectivity index (χ1v) is 11.9. The van der Waals surface area contributed by atoms with Crippen molar-refractivity contribution < 1.29 is 4.79 Å². The van der Waals surface area contributed by atoms with Gasteiger partial charge in [0.1, 0.15) is 16.2 Å². The predicted molar refractivity (Wildman–Crippen MR) is 123 cm³/mol. The van der Waals surface area contributed by atoms with Crippen LogP contribution < -0.4 is 16.6 Å². The number of rotatable bonds is 7. The topological polar surface area (TPSA) is 110 Å². The Kier molecular flexibility index (Phi) is 5.54. The second kappa shape index (κ2) is 8.37. The summed E-state index contributed by atoms with van der Waals surface area (Å²) in [6.07, 6.45) is 3.74. The maximum absolute atomic E-state index is 12.8. The van der Waals surface area contributed by atoms with E-state index in [0.717, 1.165) is 31.2 Å². The van der Waals surface area contributed by atoms with Crippen molar-refractivity contribution in [3.05, 3.63) is 61.5 Å². The summed E-state index contributed by atoms with van der Waals surface area (Å²) in [5.74, 6) is 0.690. The molecule has 2 fully saturated rings. The highest BCUT2D eigenvalue weighted by Crippen LogP contribution is 2.41. The van der Waals surface area contributed by atoms with E-state index in [1.165, 1.54) is 11.8 Å². The minimum absolute atomic E-state index is 0.0537. The molecule has 10 heteroatoms. The second-order valence-corrected chi connectivity index (χ2v) is 10.0. The fourth-order valence-corrected chi connectivity index (χ4v) is 4.78. The largest absolute Gasteiger partial charge is 0.351 e. The van der Waals surface area contributed by atoms with Gasteiger partial charge < -0.3 is 5.32 Å². The third-order valence-corrected chi connectivity index (χ3v) is 7.15. The second-order valence-electron chi connectivity index (χ2n) is 8.29. The SMILES string of the molecule is CC(Sc1nc(C2CC2)nc2c1c(=O)[nH]c(=O)n2C1CC1)C(=O)NCc1ccccc1Cl. The number of hydrogen-bond acceptors (Lipinski definition) is 6. The molecule has 2 aliphatic carbocycles. The molecule has 0 bridgehead atoms. The van der Waals surface area contributed by atoms with Crippen molar-refractivity contribution in [3.8, 4) is 0 Å². The third-order valence-electron chi connectivity index (χ3n) is 5.69. The maximum atomic E-state index is 12.8. The van der Waals surface area contributed by atoms with Crippen LogP contribution >= 0.6 is 23.4 Å². The first kappa shape index (κ1) is 21.2. The van der Waals surface area contributed by atoms with Gasteiger partial charge in [-0.15, -0.1) is 0 Å². The summed E-state index contributed by atoms with van der Waals surface area (Å²) in [4.78, 5) is 49.7. The van der Waals surface area contributed by atoms with E-state index in [9.17, 15) is 14.4 Å². The molecule has 8 nitrogen and oxygen atoms in total. The van der Waals surface area contributed by atoms with Gasteiger partial charge in [0.15, 0.2) is 5.65 Å². The Bertz CT molecular complexity index is 1330. The van der Waals surface area contributed by atoms with Gasteiger partial charge in [0.2, 0.25) is 5.91 Å². The van der Waals surface area contributed by atoms with E-state index >= 15 is 0 Å². The molecule has 0 spiro atoms. The van der Waals surface area contributed by atoms with Gasteiger partial charge in [0, 0.05) is 23.5 Å². The summed E-state index contributed by atoms with van der Waals surface area (Å²) in [6, 6.07) is 7.39. The molecule has 0 saturated heterocycles. The first-order valence-electron chi connectivity index (χ1n) is 10.7. The summed E-state index contributed by atoms with van der Waals surface area (Å²) in [6.45, 7) is 2.07.